The quantitative estimate of drug-likeness (QED) is 0.538. The van der Waals surface area contributed by atoms with Gasteiger partial charge in [0, 0.05) is 30.1 Å². The third kappa shape index (κ3) is 3.77. The van der Waals surface area contributed by atoms with Crippen molar-refractivity contribution in [3.05, 3.63) is 54.9 Å². The van der Waals surface area contributed by atoms with Gasteiger partial charge in [0.25, 0.3) is 0 Å². The molecular weight excluding hydrogens is 370 g/mol. The predicted molar refractivity (Wildman–Crippen MR) is 111 cm³/mol. The smallest absolute Gasteiger partial charge is 0.249 e. The van der Waals surface area contributed by atoms with E-state index in [0.717, 1.165) is 16.8 Å². The molecule has 29 heavy (non-hydrogen) atoms. The number of hydrogen-bond donors (Lipinski definition) is 3. The Morgan fingerprint density at radius 3 is 2.69 bits per heavy atom. The number of aromatic nitrogens is 2. The molecule has 0 bridgehead atoms. The molecule has 8 nitrogen and oxygen atoms in total. The summed E-state index contributed by atoms with van der Waals surface area (Å²) in [6.07, 6.45) is 4.85. The summed E-state index contributed by atoms with van der Waals surface area (Å²) >= 11 is 0. The number of rotatable bonds is 7. The number of methoxy groups -OCH3 is 1. The number of aromatic amines is 1. The fraction of sp³-hybridized carbons (Fsp3) is 0.190. The van der Waals surface area contributed by atoms with Gasteiger partial charge in [-0.25, -0.2) is 0 Å². The molecule has 2 aromatic carbocycles. The highest BCUT2D eigenvalue weighted by Crippen LogP contribution is 2.31. The monoisotopic (exact) mass is 391 g/mol. The normalized spacial score (nSPS) is 16.0. The number of carbonyl (C=O) groups is 2. The van der Waals surface area contributed by atoms with Crippen molar-refractivity contribution in [3.8, 4) is 16.9 Å². The van der Waals surface area contributed by atoms with Crippen LogP contribution in [0, 0.1) is 0 Å². The van der Waals surface area contributed by atoms with Crippen molar-refractivity contribution < 1.29 is 14.3 Å². The number of H-pyrrole nitrogens is 1. The molecule has 1 aliphatic rings. The lowest BCUT2D eigenvalue weighted by atomic mass is 10.1. The maximum absolute atomic E-state index is 13.0. The molecule has 1 fully saturated rings. The zero-order chi connectivity index (χ0) is 20.2. The number of carbonyl (C=O) groups excluding carboxylic acids is 2. The average Bonchev–Trinajstić information content (AvgIpc) is 3.40. The summed E-state index contributed by atoms with van der Waals surface area (Å²) < 4.78 is 5.25. The van der Waals surface area contributed by atoms with Crippen LogP contribution in [-0.2, 0) is 9.59 Å². The molecule has 148 valence electrons. The first kappa shape index (κ1) is 18.5. The second-order valence-electron chi connectivity index (χ2n) is 6.68. The fourth-order valence-electron chi connectivity index (χ4n) is 3.46. The summed E-state index contributed by atoms with van der Waals surface area (Å²) in [6.45, 7) is 0.613. The van der Waals surface area contributed by atoms with Crippen molar-refractivity contribution in [1.29, 1.82) is 0 Å². The molecule has 1 saturated heterocycles. The van der Waals surface area contributed by atoms with E-state index in [-0.39, 0.29) is 11.9 Å². The highest BCUT2D eigenvalue weighted by Gasteiger charge is 2.33. The van der Waals surface area contributed by atoms with Gasteiger partial charge in [0.2, 0.25) is 12.3 Å². The third-order valence-corrected chi connectivity index (χ3v) is 4.99. The summed E-state index contributed by atoms with van der Waals surface area (Å²) in [7, 11) is 1.57. The average molecular weight is 391 g/mol. The van der Waals surface area contributed by atoms with Crippen LogP contribution >= 0.6 is 0 Å². The Labute approximate surface area is 167 Å². The Morgan fingerprint density at radius 2 is 2.00 bits per heavy atom. The minimum atomic E-state index is -0.386. The van der Waals surface area contributed by atoms with E-state index < -0.39 is 0 Å². The Bertz CT molecular complexity index is 1000. The second-order valence-corrected chi connectivity index (χ2v) is 6.68. The Balaban J connectivity index is 1.50. The minimum Gasteiger partial charge on any atom is -0.497 e. The highest BCUT2D eigenvalue weighted by molar-refractivity contribution is 6.01. The lowest BCUT2D eigenvalue weighted by molar-refractivity contribution is -0.117. The lowest BCUT2D eigenvalue weighted by Gasteiger charge is -2.19. The first-order chi connectivity index (χ1) is 14.2. The van der Waals surface area contributed by atoms with Crippen molar-refractivity contribution in [3.63, 3.8) is 0 Å². The van der Waals surface area contributed by atoms with Crippen LogP contribution in [0.25, 0.3) is 11.1 Å². The zero-order valence-electron chi connectivity index (χ0n) is 15.9. The molecule has 4 rings (SSSR count). The van der Waals surface area contributed by atoms with Gasteiger partial charge >= 0.3 is 0 Å². The molecule has 8 heteroatoms. The van der Waals surface area contributed by atoms with Crippen LogP contribution in [0.2, 0.25) is 0 Å². The number of ether oxygens (including phenoxy) is 1. The van der Waals surface area contributed by atoms with E-state index in [0.29, 0.717) is 36.5 Å². The molecule has 0 saturated carbocycles. The zero-order valence-corrected chi connectivity index (χ0v) is 15.9. The van der Waals surface area contributed by atoms with Crippen molar-refractivity contribution in [2.45, 2.75) is 12.5 Å². The molecule has 3 N–H and O–H groups in total. The maximum atomic E-state index is 13.0. The van der Waals surface area contributed by atoms with Gasteiger partial charge in [0.05, 0.1) is 24.7 Å². The molecule has 1 unspecified atom stereocenters. The van der Waals surface area contributed by atoms with E-state index in [2.05, 4.69) is 20.8 Å². The van der Waals surface area contributed by atoms with E-state index in [4.69, 9.17) is 4.74 Å². The molecule has 1 aromatic heterocycles. The topological polar surface area (TPSA) is 99.3 Å². The van der Waals surface area contributed by atoms with E-state index in [9.17, 15) is 9.59 Å². The summed E-state index contributed by atoms with van der Waals surface area (Å²) in [5.41, 5.74) is 4.12. The summed E-state index contributed by atoms with van der Waals surface area (Å²) in [5.74, 6) is 0.627. The van der Waals surface area contributed by atoms with Crippen LogP contribution in [0.4, 0.5) is 17.1 Å². The Hall–Kier alpha value is -3.81. The van der Waals surface area contributed by atoms with E-state index in [1.165, 1.54) is 0 Å². The van der Waals surface area contributed by atoms with E-state index >= 15 is 0 Å². The molecular formula is C21H21N5O3. The predicted octanol–water partition coefficient (Wildman–Crippen LogP) is 2.87. The van der Waals surface area contributed by atoms with Crippen LogP contribution < -0.4 is 20.3 Å². The molecule has 1 aliphatic heterocycles. The van der Waals surface area contributed by atoms with Gasteiger partial charge in [-0.05, 0) is 36.2 Å². The SMILES string of the molecule is COc1ccc(NC=O)c(NC2CCN(c3ccc(-c4cn[nH]c4)cc3)C2=O)c1. The van der Waals surface area contributed by atoms with Gasteiger partial charge < -0.3 is 20.3 Å². The van der Waals surface area contributed by atoms with Crippen molar-refractivity contribution in [1.82, 2.24) is 10.2 Å². The van der Waals surface area contributed by atoms with E-state index in [1.807, 2.05) is 30.5 Å². The highest BCUT2D eigenvalue weighted by atomic mass is 16.5. The summed E-state index contributed by atoms with van der Waals surface area (Å²) in [5, 5.41) is 12.7. The van der Waals surface area contributed by atoms with Gasteiger partial charge in [0.15, 0.2) is 0 Å². The number of benzene rings is 2. The van der Waals surface area contributed by atoms with Gasteiger partial charge in [-0.3, -0.25) is 14.7 Å². The van der Waals surface area contributed by atoms with Crippen LogP contribution in [0.5, 0.6) is 5.75 Å². The van der Waals surface area contributed by atoms with Crippen molar-refractivity contribution >= 4 is 29.4 Å². The van der Waals surface area contributed by atoms with Crippen molar-refractivity contribution in [2.24, 2.45) is 0 Å². The standard InChI is InChI=1S/C21H21N5O3/c1-29-17-6-7-18(22-13-27)20(10-17)25-19-8-9-26(21(19)28)16-4-2-14(3-5-16)15-11-23-24-12-15/h2-7,10-13,19,25H,8-9H2,1H3,(H,22,27)(H,23,24). The number of hydrogen-bond acceptors (Lipinski definition) is 5. The summed E-state index contributed by atoms with van der Waals surface area (Å²) in [6, 6.07) is 12.7. The molecule has 0 radical (unpaired) electrons. The number of anilines is 3. The molecule has 2 heterocycles. The first-order valence-electron chi connectivity index (χ1n) is 9.25. The second kappa shape index (κ2) is 8.05. The minimum absolute atomic E-state index is 0.0130. The molecule has 0 spiro atoms. The Kier molecular flexibility index (Phi) is 5.15. The van der Waals surface area contributed by atoms with Gasteiger partial charge in [-0.2, -0.15) is 5.10 Å². The van der Waals surface area contributed by atoms with Gasteiger partial charge in [-0.15, -0.1) is 0 Å². The van der Waals surface area contributed by atoms with Crippen LogP contribution in [0.3, 0.4) is 0 Å². The number of nitrogens with zero attached hydrogens (tertiary/aromatic N) is 2. The van der Waals surface area contributed by atoms with Crippen LogP contribution in [-0.4, -0.2) is 42.2 Å². The number of amides is 2. The summed E-state index contributed by atoms with van der Waals surface area (Å²) in [4.78, 5) is 25.6. The first-order valence-corrected chi connectivity index (χ1v) is 9.25. The fourth-order valence-corrected chi connectivity index (χ4v) is 3.46. The third-order valence-electron chi connectivity index (χ3n) is 4.99. The molecule has 0 aliphatic carbocycles. The largest absolute Gasteiger partial charge is 0.497 e. The van der Waals surface area contributed by atoms with Crippen LogP contribution in [0.15, 0.2) is 54.9 Å². The molecule has 2 amide bonds. The van der Waals surface area contributed by atoms with Crippen LogP contribution in [0.1, 0.15) is 6.42 Å². The van der Waals surface area contributed by atoms with Gasteiger partial charge in [0.1, 0.15) is 11.8 Å². The maximum Gasteiger partial charge on any atom is 0.249 e. The molecule has 3 aromatic rings. The van der Waals surface area contributed by atoms with Gasteiger partial charge in [-0.1, -0.05) is 12.1 Å². The Morgan fingerprint density at radius 1 is 1.17 bits per heavy atom. The van der Waals surface area contributed by atoms with E-state index in [1.54, 1.807) is 36.4 Å². The number of nitrogens with one attached hydrogen (secondary N) is 3. The van der Waals surface area contributed by atoms with Crippen molar-refractivity contribution in [2.75, 3.05) is 29.2 Å². The molecule has 1 atom stereocenters. The lowest BCUT2D eigenvalue weighted by Crippen LogP contribution is -2.33.